The van der Waals surface area contributed by atoms with Crippen LogP contribution in [0.2, 0.25) is 0 Å². The molecular weight excluding hydrogens is 236 g/mol. The summed E-state index contributed by atoms with van der Waals surface area (Å²) in [6, 6.07) is 4.26. The van der Waals surface area contributed by atoms with Crippen LogP contribution in [0.1, 0.15) is 44.6 Å². The number of aromatic nitrogens is 1. The van der Waals surface area contributed by atoms with Gasteiger partial charge in [0.15, 0.2) is 0 Å². The topological polar surface area (TPSA) is 33.2 Å². The summed E-state index contributed by atoms with van der Waals surface area (Å²) in [7, 11) is 0. The highest BCUT2D eigenvalue weighted by atomic mass is 16.2. The highest BCUT2D eigenvalue weighted by molar-refractivity contribution is 5.91. The molecule has 3 nitrogen and oxygen atoms in total. The van der Waals surface area contributed by atoms with Gasteiger partial charge in [0, 0.05) is 31.1 Å². The summed E-state index contributed by atoms with van der Waals surface area (Å²) in [4.78, 5) is 18.3. The van der Waals surface area contributed by atoms with Crippen molar-refractivity contribution in [3.05, 3.63) is 36.2 Å². The number of likely N-dealkylation sites (N-methyl/N-ethyl adjacent to an activating group) is 1. The van der Waals surface area contributed by atoms with Gasteiger partial charge in [0.1, 0.15) is 0 Å². The van der Waals surface area contributed by atoms with E-state index in [0.717, 1.165) is 24.9 Å². The lowest BCUT2D eigenvalue weighted by atomic mass is 9.94. The third-order valence-corrected chi connectivity index (χ3v) is 3.74. The molecule has 1 saturated carbocycles. The Kier molecular flexibility index (Phi) is 5.13. The number of amides is 1. The fraction of sp³-hybridized carbons (Fsp3) is 0.500. The van der Waals surface area contributed by atoms with E-state index in [1.54, 1.807) is 18.5 Å². The Morgan fingerprint density at radius 3 is 2.84 bits per heavy atom. The molecule has 0 unspecified atom stereocenters. The van der Waals surface area contributed by atoms with Crippen molar-refractivity contribution in [1.82, 2.24) is 9.88 Å². The molecule has 19 heavy (non-hydrogen) atoms. The van der Waals surface area contributed by atoms with Crippen LogP contribution < -0.4 is 0 Å². The number of pyridine rings is 1. The fourth-order valence-electron chi connectivity index (χ4n) is 2.72. The lowest BCUT2D eigenvalue weighted by molar-refractivity contribution is -0.128. The van der Waals surface area contributed by atoms with Crippen LogP contribution >= 0.6 is 0 Å². The Bertz CT molecular complexity index is 422. The Labute approximate surface area is 115 Å². The SMILES string of the molecule is CCN(C(=O)C=Cc1cccnc1)C1CCCCC1. The van der Waals surface area contributed by atoms with Gasteiger partial charge in [-0.05, 0) is 37.5 Å². The van der Waals surface area contributed by atoms with Gasteiger partial charge in [-0.15, -0.1) is 0 Å². The molecule has 1 aliphatic carbocycles. The molecular formula is C16H22N2O. The van der Waals surface area contributed by atoms with Crippen molar-refractivity contribution < 1.29 is 4.79 Å². The first-order valence-electron chi connectivity index (χ1n) is 7.20. The second-order valence-corrected chi connectivity index (χ2v) is 5.04. The molecule has 1 heterocycles. The molecule has 0 aromatic carbocycles. The van der Waals surface area contributed by atoms with Gasteiger partial charge < -0.3 is 4.90 Å². The van der Waals surface area contributed by atoms with E-state index in [2.05, 4.69) is 11.9 Å². The summed E-state index contributed by atoms with van der Waals surface area (Å²) in [5, 5.41) is 0. The maximum absolute atomic E-state index is 12.3. The third-order valence-electron chi connectivity index (χ3n) is 3.74. The number of carbonyl (C=O) groups excluding carboxylic acids is 1. The van der Waals surface area contributed by atoms with Gasteiger partial charge in [-0.2, -0.15) is 0 Å². The number of carbonyl (C=O) groups is 1. The second-order valence-electron chi connectivity index (χ2n) is 5.04. The molecule has 0 N–H and O–H groups in total. The van der Waals surface area contributed by atoms with E-state index >= 15 is 0 Å². The fourth-order valence-corrected chi connectivity index (χ4v) is 2.72. The monoisotopic (exact) mass is 258 g/mol. The first-order chi connectivity index (χ1) is 9.31. The first-order valence-corrected chi connectivity index (χ1v) is 7.20. The summed E-state index contributed by atoms with van der Waals surface area (Å²) in [5.41, 5.74) is 0.968. The van der Waals surface area contributed by atoms with Crippen molar-refractivity contribution in [2.45, 2.75) is 45.1 Å². The van der Waals surface area contributed by atoms with E-state index in [4.69, 9.17) is 0 Å². The quantitative estimate of drug-likeness (QED) is 0.776. The summed E-state index contributed by atoms with van der Waals surface area (Å²) in [5.74, 6) is 0.123. The van der Waals surface area contributed by atoms with Crippen molar-refractivity contribution in [3.8, 4) is 0 Å². The van der Waals surface area contributed by atoms with Gasteiger partial charge in [-0.3, -0.25) is 9.78 Å². The molecule has 102 valence electrons. The first kappa shape index (κ1) is 13.8. The van der Waals surface area contributed by atoms with E-state index < -0.39 is 0 Å². The Hall–Kier alpha value is -1.64. The molecule has 1 aromatic rings. The van der Waals surface area contributed by atoms with E-state index in [-0.39, 0.29) is 5.91 Å². The van der Waals surface area contributed by atoms with E-state index in [1.807, 2.05) is 23.1 Å². The van der Waals surface area contributed by atoms with Crippen LogP contribution in [0.3, 0.4) is 0 Å². The predicted octanol–water partition coefficient (Wildman–Crippen LogP) is 3.28. The zero-order valence-electron chi connectivity index (χ0n) is 11.6. The molecule has 0 radical (unpaired) electrons. The molecule has 1 aromatic heterocycles. The van der Waals surface area contributed by atoms with Gasteiger partial charge in [-0.25, -0.2) is 0 Å². The maximum Gasteiger partial charge on any atom is 0.246 e. The number of hydrogen-bond donors (Lipinski definition) is 0. The number of nitrogens with zero attached hydrogens (tertiary/aromatic N) is 2. The van der Waals surface area contributed by atoms with Gasteiger partial charge >= 0.3 is 0 Å². The lowest BCUT2D eigenvalue weighted by Crippen LogP contribution is -2.40. The van der Waals surface area contributed by atoms with Crippen LogP contribution in [0.25, 0.3) is 6.08 Å². The summed E-state index contributed by atoms with van der Waals surface area (Å²) < 4.78 is 0. The minimum absolute atomic E-state index is 0.123. The molecule has 0 aliphatic heterocycles. The Morgan fingerprint density at radius 1 is 1.42 bits per heavy atom. The van der Waals surface area contributed by atoms with Crippen LogP contribution in [0.4, 0.5) is 0 Å². The zero-order valence-corrected chi connectivity index (χ0v) is 11.6. The molecule has 0 atom stereocenters. The van der Waals surface area contributed by atoms with E-state index in [0.29, 0.717) is 6.04 Å². The maximum atomic E-state index is 12.3. The van der Waals surface area contributed by atoms with Crippen molar-refractivity contribution in [2.24, 2.45) is 0 Å². The minimum atomic E-state index is 0.123. The van der Waals surface area contributed by atoms with Gasteiger partial charge in [-0.1, -0.05) is 25.3 Å². The highest BCUT2D eigenvalue weighted by Crippen LogP contribution is 2.22. The zero-order chi connectivity index (χ0) is 13.5. The van der Waals surface area contributed by atoms with Crippen LogP contribution in [0, 0.1) is 0 Å². The number of hydrogen-bond acceptors (Lipinski definition) is 2. The largest absolute Gasteiger partial charge is 0.336 e. The molecule has 0 bridgehead atoms. The normalized spacial score (nSPS) is 16.7. The van der Waals surface area contributed by atoms with Gasteiger partial charge in [0.05, 0.1) is 0 Å². The van der Waals surface area contributed by atoms with Crippen molar-refractivity contribution in [1.29, 1.82) is 0 Å². The highest BCUT2D eigenvalue weighted by Gasteiger charge is 2.22. The smallest absolute Gasteiger partial charge is 0.246 e. The van der Waals surface area contributed by atoms with Gasteiger partial charge in [0.2, 0.25) is 5.91 Å². The van der Waals surface area contributed by atoms with Crippen molar-refractivity contribution >= 4 is 12.0 Å². The molecule has 1 fully saturated rings. The second kappa shape index (κ2) is 7.07. The van der Waals surface area contributed by atoms with E-state index in [9.17, 15) is 4.79 Å². The van der Waals surface area contributed by atoms with Crippen LogP contribution in [0.15, 0.2) is 30.6 Å². The van der Waals surface area contributed by atoms with Crippen molar-refractivity contribution in [3.63, 3.8) is 0 Å². The minimum Gasteiger partial charge on any atom is -0.336 e. The van der Waals surface area contributed by atoms with Gasteiger partial charge in [0.25, 0.3) is 0 Å². The molecule has 3 heteroatoms. The summed E-state index contributed by atoms with van der Waals surface area (Å²) in [6.07, 6.45) is 13.1. The standard InChI is InChI=1S/C16H22N2O/c1-2-18(15-8-4-3-5-9-15)16(19)11-10-14-7-6-12-17-13-14/h6-7,10-13,15H,2-5,8-9H2,1H3. The summed E-state index contributed by atoms with van der Waals surface area (Å²) >= 11 is 0. The van der Waals surface area contributed by atoms with Crippen molar-refractivity contribution in [2.75, 3.05) is 6.54 Å². The van der Waals surface area contributed by atoms with Crippen LogP contribution in [-0.4, -0.2) is 28.4 Å². The third kappa shape index (κ3) is 3.91. The molecule has 1 aliphatic rings. The Balaban J connectivity index is 1.98. The van der Waals surface area contributed by atoms with Crippen LogP contribution in [0.5, 0.6) is 0 Å². The van der Waals surface area contributed by atoms with E-state index in [1.165, 1.54) is 19.3 Å². The molecule has 1 amide bonds. The predicted molar refractivity (Wildman–Crippen MR) is 77.5 cm³/mol. The lowest BCUT2D eigenvalue weighted by Gasteiger charge is -2.32. The number of rotatable bonds is 4. The molecule has 0 saturated heterocycles. The summed E-state index contributed by atoms with van der Waals surface area (Å²) in [6.45, 7) is 2.85. The Morgan fingerprint density at radius 2 is 2.21 bits per heavy atom. The van der Waals surface area contributed by atoms with Crippen LogP contribution in [-0.2, 0) is 4.79 Å². The average Bonchev–Trinajstić information content (AvgIpc) is 2.48. The molecule has 0 spiro atoms. The average molecular weight is 258 g/mol. The molecule has 2 rings (SSSR count).